The van der Waals surface area contributed by atoms with Crippen LogP contribution >= 0.6 is 0 Å². The molecule has 3 rings (SSSR count). The van der Waals surface area contributed by atoms with E-state index in [9.17, 15) is 14.9 Å². The third kappa shape index (κ3) is 3.47. The molecule has 0 spiro atoms. The molecular weight excluding hydrogens is 306 g/mol. The van der Waals surface area contributed by atoms with Crippen LogP contribution in [-0.4, -0.2) is 10.9 Å². The van der Waals surface area contributed by atoms with Crippen LogP contribution in [0.2, 0.25) is 0 Å². The lowest BCUT2D eigenvalue weighted by atomic mass is 10.0. The summed E-state index contributed by atoms with van der Waals surface area (Å²) in [4.78, 5) is 22.1. The molecule has 0 aliphatic rings. The van der Waals surface area contributed by atoms with E-state index in [1.165, 1.54) is 30.3 Å². The maximum atomic E-state index is 11.9. The van der Waals surface area contributed by atoms with E-state index in [1.807, 2.05) is 42.5 Å². The van der Waals surface area contributed by atoms with Crippen molar-refractivity contribution in [1.82, 2.24) is 0 Å². The molecular formula is C19H13NO4. The predicted molar refractivity (Wildman–Crippen MR) is 91.7 cm³/mol. The van der Waals surface area contributed by atoms with Crippen molar-refractivity contribution in [2.24, 2.45) is 0 Å². The van der Waals surface area contributed by atoms with E-state index < -0.39 is 10.9 Å². The second-order valence-electron chi connectivity index (χ2n) is 5.08. The normalized spacial score (nSPS) is 10.8. The summed E-state index contributed by atoms with van der Waals surface area (Å²) in [5, 5.41) is 12.8. The first-order chi connectivity index (χ1) is 11.6. The van der Waals surface area contributed by atoms with E-state index in [2.05, 4.69) is 0 Å². The van der Waals surface area contributed by atoms with Gasteiger partial charge in [0.05, 0.1) is 11.0 Å². The van der Waals surface area contributed by atoms with Crippen molar-refractivity contribution in [3.8, 4) is 5.75 Å². The molecule has 0 amide bonds. The van der Waals surface area contributed by atoms with Crippen LogP contribution in [0, 0.1) is 10.1 Å². The number of nitro benzene ring substituents is 1. The van der Waals surface area contributed by atoms with E-state index in [-0.39, 0.29) is 11.4 Å². The van der Waals surface area contributed by atoms with Gasteiger partial charge in [0.2, 0.25) is 0 Å². The van der Waals surface area contributed by atoms with Gasteiger partial charge in [-0.15, -0.1) is 0 Å². The highest BCUT2D eigenvalue weighted by Gasteiger charge is 2.08. The Kier molecular flexibility index (Phi) is 4.34. The quantitative estimate of drug-likeness (QED) is 0.235. The molecule has 5 nitrogen and oxygen atoms in total. The van der Waals surface area contributed by atoms with Gasteiger partial charge < -0.3 is 4.74 Å². The molecule has 0 fully saturated rings. The molecule has 0 heterocycles. The fourth-order valence-electron chi connectivity index (χ4n) is 2.36. The molecule has 118 valence electrons. The van der Waals surface area contributed by atoms with Crippen LogP contribution in [0.15, 0.2) is 72.8 Å². The molecule has 3 aromatic carbocycles. The van der Waals surface area contributed by atoms with Crippen molar-refractivity contribution in [2.45, 2.75) is 0 Å². The van der Waals surface area contributed by atoms with Crippen LogP contribution in [0.1, 0.15) is 5.56 Å². The van der Waals surface area contributed by atoms with Crippen LogP contribution in [0.25, 0.3) is 16.8 Å². The maximum absolute atomic E-state index is 11.9. The number of hydrogen-bond donors (Lipinski definition) is 0. The van der Waals surface area contributed by atoms with Gasteiger partial charge >= 0.3 is 5.97 Å². The van der Waals surface area contributed by atoms with Gasteiger partial charge in [-0.1, -0.05) is 48.5 Å². The summed E-state index contributed by atoms with van der Waals surface area (Å²) >= 11 is 0. The van der Waals surface area contributed by atoms with E-state index in [0.29, 0.717) is 0 Å². The lowest BCUT2D eigenvalue weighted by Crippen LogP contribution is -2.03. The van der Waals surface area contributed by atoms with Crippen molar-refractivity contribution in [3.05, 3.63) is 88.5 Å². The van der Waals surface area contributed by atoms with Crippen molar-refractivity contribution < 1.29 is 14.5 Å². The summed E-state index contributed by atoms with van der Waals surface area (Å²) in [6.45, 7) is 0. The number of non-ortho nitro benzene ring substituents is 1. The number of nitrogens with zero attached hydrogens (tertiary/aromatic N) is 1. The first-order valence-corrected chi connectivity index (χ1v) is 7.25. The molecule has 0 N–H and O–H groups in total. The standard InChI is InChI=1S/C19H13NO4/c21-19(24-17-9-4-8-16(13-17)20(22)23)12-11-15-7-3-6-14-5-1-2-10-18(14)15/h1-13H/b12-11+. The molecule has 24 heavy (non-hydrogen) atoms. The minimum absolute atomic E-state index is 0.127. The highest BCUT2D eigenvalue weighted by Crippen LogP contribution is 2.21. The predicted octanol–water partition coefficient (Wildman–Crippen LogP) is 4.37. The number of benzene rings is 3. The largest absolute Gasteiger partial charge is 0.423 e. The lowest BCUT2D eigenvalue weighted by molar-refractivity contribution is -0.384. The third-order valence-electron chi connectivity index (χ3n) is 3.47. The van der Waals surface area contributed by atoms with Gasteiger partial charge in [-0.25, -0.2) is 4.79 Å². The Balaban J connectivity index is 1.78. The average molecular weight is 319 g/mol. The van der Waals surface area contributed by atoms with Gasteiger partial charge in [0.1, 0.15) is 5.75 Å². The van der Waals surface area contributed by atoms with Gasteiger partial charge in [0.25, 0.3) is 5.69 Å². The molecule has 0 radical (unpaired) electrons. The summed E-state index contributed by atoms with van der Waals surface area (Å²) in [6, 6.07) is 19.2. The second kappa shape index (κ2) is 6.75. The summed E-state index contributed by atoms with van der Waals surface area (Å²) in [7, 11) is 0. The van der Waals surface area contributed by atoms with E-state index in [1.54, 1.807) is 6.08 Å². The summed E-state index contributed by atoms with van der Waals surface area (Å²) in [5.41, 5.74) is 0.766. The van der Waals surface area contributed by atoms with Gasteiger partial charge in [-0.2, -0.15) is 0 Å². The first kappa shape index (κ1) is 15.4. The Hall–Kier alpha value is -3.47. The van der Waals surface area contributed by atoms with Gasteiger partial charge in [-0.3, -0.25) is 10.1 Å². The molecule has 0 saturated carbocycles. The average Bonchev–Trinajstić information content (AvgIpc) is 2.60. The molecule has 0 saturated heterocycles. The zero-order chi connectivity index (χ0) is 16.9. The van der Waals surface area contributed by atoms with Crippen molar-refractivity contribution in [1.29, 1.82) is 0 Å². The Bertz CT molecular complexity index is 942. The SMILES string of the molecule is O=C(/C=C/c1cccc2ccccc12)Oc1cccc([N+](=O)[O-])c1. The number of fused-ring (bicyclic) bond motifs is 1. The number of carbonyl (C=O) groups excluding carboxylic acids is 1. The zero-order valence-electron chi connectivity index (χ0n) is 12.6. The minimum Gasteiger partial charge on any atom is -0.423 e. The summed E-state index contributed by atoms with van der Waals surface area (Å²) < 4.78 is 5.11. The van der Waals surface area contributed by atoms with Crippen LogP contribution in [0.3, 0.4) is 0 Å². The fraction of sp³-hybridized carbons (Fsp3) is 0. The smallest absolute Gasteiger partial charge is 0.336 e. The summed E-state index contributed by atoms with van der Waals surface area (Å²) in [6.07, 6.45) is 2.97. The molecule has 5 heteroatoms. The Labute approximate surface area is 138 Å². The maximum Gasteiger partial charge on any atom is 0.336 e. The van der Waals surface area contributed by atoms with Crippen molar-refractivity contribution in [3.63, 3.8) is 0 Å². The Morgan fingerprint density at radius 2 is 1.75 bits per heavy atom. The Morgan fingerprint density at radius 3 is 2.58 bits per heavy atom. The number of esters is 1. The number of rotatable bonds is 4. The van der Waals surface area contributed by atoms with Crippen molar-refractivity contribution in [2.75, 3.05) is 0 Å². The molecule has 0 aliphatic heterocycles. The number of hydrogen-bond acceptors (Lipinski definition) is 4. The highest BCUT2D eigenvalue weighted by molar-refractivity contribution is 5.95. The van der Waals surface area contributed by atoms with E-state index in [0.717, 1.165) is 16.3 Å². The minimum atomic E-state index is -0.594. The number of ether oxygens (including phenoxy) is 1. The van der Waals surface area contributed by atoms with Gasteiger partial charge in [0, 0.05) is 12.1 Å². The highest BCUT2D eigenvalue weighted by atomic mass is 16.6. The molecule has 0 unspecified atom stereocenters. The number of nitro groups is 1. The summed E-state index contributed by atoms with van der Waals surface area (Å²) in [5.74, 6) is -0.458. The van der Waals surface area contributed by atoms with Crippen LogP contribution in [-0.2, 0) is 4.79 Å². The monoisotopic (exact) mass is 319 g/mol. The van der Waals surface area contributed by atoms with Crippen LogP contribution < -0.4 is 4.74 Å². The van der Waals surface area contributed by atoms with Crippen LogP contribution in [0.4, 0.5) is 5.69 Å². The number of carbonyl (C=O) groups is 1. The first-order valence-electron chi connectivity index (χ1n) is 7.25. The fourth-order valence-corrected chi connectivity index (χ4v) is 2.36. The van der Waals surface area contributed by atoms with E-state index >= 15 is 0 Å². The van der Waals surface area contributed by atoms with Gasteiger partial charge in [0.15, 0.2) is 0 Å². The molecule has 0 bridgehead atoms. The van der Waals surface area contributed by atoms with Crippen LogP contribution in [0.5, 0.6) is 5.75 Å². The Morgan fingerprint density at radius 1 is 1.00 bits per heavy atom. The topological polar surface area (TPSA) is 69.4 Å². The molecule has 0 aliphatic carbocycles. The third-order valence-corrected chi connectivity index (χ3v) is 3.47. The molecule has 0 atom stereocenters. The zero-order valence-corrected chi connectivity index (χ0v) is 12.6. The van der Waals surface area contributed by atoms with Gasteiger partial charge in [-0.05, 0) is 28.5 Å². The van der Waals surface area contributed by atoms with E-state index in [4.69, 9.17) is 4.74 Å². The molecule has 3 aromatic rings. The molecule has 0 aromatic heterocycles. The van der Waals surface area contributed by atoms with Crippen molar-refractivity contribution >= 4 is 28.5 Å². The second-order valence-corrected chi connectivity index (χ2v) is 5.08. The lowest BCUT2D eigenvalue weighted by Gasteiger charge is -2.02.